The summed E-state index contributed by atoms with van der Waals surface area (Å²) in [6.45, 7) is 5.83. The fourth-order valence-corrected chi connectivity index (χ4v) is 4.53. The molecule has 0 aromatic heterocycles. The minimum Gasteiger partial charge on any atom is -0.379 e. The van der Waals surface area contributed by atoms with E-state index >= 15 is 0 Å². The van der Waals surface area contributed by atoms with Crippen molar-refractivity contribution in [2.24, 2.45) is 0 Å². The Bertz CT molecular complexity index is 600. The molecule has 0 unspecified atom stereocenters. The SMILES string of the molecule is O=C1Nc2ccccc2CC[C@H]1N1CCCC[C@H]1CN1CCOCC1. The second kappa shape index (κ2) is 7.85. The number of piperidine rings is 1. The first-order valence-electron chi connectivity index (χ1n) is 9.76. The molecule has 3 aliphatic heterocycles. The minimum atomic E-state index is -0.00117. The Morgan fingerprint density at radius 1 is 1.08 bits per heavy atom. The third-order valence-electron chi connectivity index (χ3n) is 5.91. The van der Waals surface area contributed by atoms with Gasteiger partial charge in [0.05, 0.1) is 19.3 Å². The summed E-state index contributed by atoms with van der Waals surface area (Å²) in [4.78, 5) is 17.9. The number of carbonyl (C=O) groups is 1. The number of rotatable bonds is 3. The number of hydrogen-bond donors (Lipinski definition) is 1. The molecule has 136 valence electrons. The first-order valence-corrected chi connectivity index (χ1v) is 9.76. The molecule has 5 nitrogen and oxygen atoms in total. The van der Waals surface area contributed by atoms with E-state index in [1.54, 1.807) is 0 Å². The quantitative estimate of drug-likeness (QED) is 0.913. The van der Waals surface area contributed by atoms with Gasteiger partial charge in [0.2, 0.25) is 5.91 Å². The van der Waals surface area contributed by atoms with Crippen molar-refractivity contribution in [3.63, 3.8) is 0 Å². The lowest BCUT2D eigenvalue weighted by Crippen LogP contribution is -2.55. The van der Waals surface area contributed by atoms with Crippen molar-refractivity contribution in [2.75, 3.05) is 44.7 Å². The summed E-state index contributed by atoms with van der Waals surface area (Å²) >= 11 is 0. The Kier molecular flexibility index (Phi) is 5.34. The molecule has 1 aromatic carbocycles. The molecule has 3 aliphatic rings. The largest absolute Gasteiger partial charge is 0.379 e. The second-order valence-electron chi connectivity index (χ2n) is 7.50. The van der Waals surface area contributed by atoms with Crippen molar-refractivity contribution in [3.8, 4) is 0 Å². The molecule has 0 aliphatic carbocycles. The van der Waals surface area contributed by atoms with E-state index in [1.165, 1.54) is 24.8 Å². The summed E-state index contributed by atoms with van der Waals surface area (Å²) in [5.41, 5.74) is 2.26. The number of anilines is 1. The molecule has 0 spiro atoms. The highest BCUT2D eigenvalue weighted by Gasteiger charge is 2.35. The number of carbonyl (C=O) groups excluding carboxylic acids is 1. The highest BCUT2D eigenvalue weighted by molar-refractivity contribution is 5.96. The Hall–Kier alpha value is -1.43. The van der Waals surface area contributed by atoms with Crippen molar-refractivity contribution < 1.29 is 9.53 Å². The van der Waals surface area contributed by atoms with Crippen LogP contribution in [0.5, 0.6) is 0 Å². The Morgan fingerprint density at radius 2 is 1.92 bits per heavy atom. The molecular formula is C20H29N3O2. The van der Waals surface area contributed by atoms with E-state index in [1.807, 2.05) is 12.1 Å². The fraction of sp³-hybridized carbons (Fsp3) is 0.650. The van der Waals surface area contributed by atoms with Gasteiger partial charge in [-0.1, -0.05) is 24.6 Å². The van der Waals surface area contributed by atoms with Crippen molar-refractivity contribution >= 4 is 11.6 Å². The number of amides is 1. The van der Waals surface area contributed by atoms with E-state index in [0.717, 1.165) is 57.9 Å². The van der Waals surface area contributed by atoms with Gasteiger partial charge in [-0.2, -0.15) is 0 Å². The van der Waals surface area contributed by atoms with Crippen LogP contribution in [0.1, 0.15) is 31.2 Å². The van der Waals surface area contributed by atoms with Crippen LogP contribution in [-0.4, -0.2) is 67.2 Å². The number of morpholine rings is 1. The van der Waals surface area contributed by atoms with Crippen LogP contribution >= 0.6 is 0 Å². The van der Waals surface area contributed by atoms with E-state index in [4.69, 9.17) is 4.74 Å². The number of nitrogens with one attached hydrogen (secondary N) is 1. The Morgan fingerprint density at radius 3 is 2.80 bits per heavy atom. The highest BCUT2D eigenvalue weighted by Crippen LogP contribution is 2.28. The van der Waals surface area contributed by atoms with Gasteiger partial charge in [-0.3, -0.25) is 14.6 Å². The highest BCUT2D eigenvalue weighted by atomic mass is 16.5. The molecule has 4 rings (SSSR count). The molecule has 1 N–H and O–H groups in total. The average molecular weight is 343 g/mol. The Labute approximate surface area is 150 Å². The number of benzene rings is 1. The van der Waals surface area contributed by atoms with E-state index in [2.05, 4.69) is 27.2 Å². The van der Waals surface area contributed by atoms with Crippen LogP contribution in [0.4, 0.5) is 5.69 Å². The lowest BCUT2D eigenvalue weighted by molar-refractivity contribution is -0.123. The summed E-state index contributed by atoms with van der Waals surface area (Å²) in [6, 6.07) is 8.72. The summed E-state index contributed by atoms with van der Waals surface area (Å²) in [5, 5.41) is 3.18. The third kappa shape index (κ3) is 3.89. The van der Waals surface area contributed by atoms with Crippen molar-refractivity contribution in [3.05, 3.63) is 29.8 Å². The van der Waals surface area contributed by atoms with Gasteiger partial charge in [-0.25, -0.2) is 0 Å². The lowest BCUT2D eigenvalue weighted by atomic mass is 9.96. The molecule has 1 amide bonds. The standard InChI is InChI=1S/C20H29N3O2/c24-20-19(9-8-16-5-1-2-7-18(16)21-20)23-10-4-3-6-17(23)15-22-11-13-25-14-12-22/h1-2,5,7,17,19H,3-4,6,8-15H2,(H,21,24)/t17-,19+/m0/s1. The van der Waals surface area contributed by atoms with Crippen LogP contribution in [0, 0.1) is 0 Å². The smallest absolute Gasteiger partial charge is 0.241 e. The second-order valence-corrected chi connectivity index (χ2v) is 7.50. The van der Waals surface area contributed by atoms with Gasteiger partial charge < -0.3 is 10.1 Å². The van der Waals surface area contributed by atoms with Gasteiger partial charge in [0.15, 0.2) is 0 Å². The first kappa shape index (κ1) is 17.0. The molecule has 3 heterocycles. The van der Waals surface area contributed by atoms with Gasteiger partial charge >= 0.3 is 0 Å². The third-order valence-corrected chi connectivity index (χ3v) is 5.91. The first-order chi connectivity index (χ1) is 12.3. The molecule has 1 aromatic rings. The van der Waals surface area contributed by atoms with Crippen molar-refractivity contribution in [1.29, 1.82) is 0 Å². The zero-order valence-corrected chi connectivity index (χ0v) is 15.0. The number of para-hydroxylation sites is 1. The maximum Gasteiger partial charge on any atom is 0.241 e. The number of likely N-dealkylation sites (tertiary alicyclic amines) is 1. The predicted molar refractivity (Wildman–Crippen MR) is 98.8 cm³/mol. The van der Waals surface area contributed by atoms with E-state index in [-0.39, 0.29) is 11.9 Å². The fourth-order valence-electron chi connectivity index (χ4n) is 4.53. The minimum absolute atomic E-state index is 0.00117. The van der Waals surface area contributed by atoms with Crippen molar-refractivity contribution in [1.82, 2.24) is 9.80 Å². The number of fused-ring (bicyclic) bond motifs is 1. The summed E-state index contributed by atoms with van der Waals surface area (Å²) in [7, 11) is 0. The van der Waals surface area contributed by atoms with Crippen LogP contribution in [0.15, 0.2) is 24.3 Å². The molecular weight excluding hydrogens is 314 g/mol. The zero-order valence-electron chi connectivity index (χ0n) is 15.0. The summed E-state index contributed by atoms with van der Waals surface area (Å²) in [6.07, 6.45) is 5.58. The summed E-state index contributed by atoms with van der Waals surface area (Å²) in [5.74, 6) is 0.179. The maximum absolute atomic E-state index is 12.9. The lowest BCUT2D eigenvalue weighted by Gasteiger charge is -2.42. The van der Waals surface area contributed by atoms with Crippen LogP contribution in [-0.2, 0) is 16.0 Å². The van der Waals surface area contributed by atoms with E-state index in [0.29, 0.717) is 6.04 Å². The van der Waals surface area contributed by atoms with Gasteiger partial charge in [-0.05, 0) is 43.9 Å². The van der Waals surface area contributed by atoms with Gasteiger partial charge in [-0.15, -0.1) is 0 Å². The molecule has 0 bridgehead atoms. The Balaban J connectivity index is 1.47. The maximum atomic E-state index is 12.9. The zero-order chi connectivity index (χ0) is 17.1. The van der Waals surface area contributed by atoms with Crippen LogP contribution in [0.3, 0.4) is 0 Å². The molecule has 2 fully saturated rings. The normalized spacial score (nSPS) is 28.9. The van der Waals surface area contributed by atoms with Crippen LogP contribution in [0.25, 0.3) is 0 Å². The molecule has 0 saturated carbocycles. The monoisotopic (exact) mass is 343 g/mol. The molecule has 2 atom stereocenters. The van der Waals surface area contributed by atoms with Crippen LogP contribution in [0.2, 0.25) is 0 Å². The van der Waals surface area contributed by atoms with E-state index < -0.39 is 0 Å². The topological polar surface area (TPSA) is 44.8 Å². The van der Waals surface area contributed by atoms with Crippen molar-refractivity contribution in [2.45, 2.75) is 44.2 Å². The molecule has 0 radical (unpaired) electrons. The summed E-state index contributed by atoms with van der Waals surface area (Å²) < 4.78 is 5.48. The van der Waals surface area contributed by atoms with Crippen LogP contribution < -0.4 is 5.32 Å². The number of hydrogen-bond acceptors (Lipinski definition) is 4. The van der Waals surface area contributed by atoms with Gasteiger partial charge in [0.25, 0.3) is 0 Å². The van der Waals surface area contributed by atoms with Gasteiger partial charge in [0.1, 0.15) is 0 Å². The van der Waals surface area contributed by atoms with E-state index in [9.17, 15) is 4.79 Å². The average Bonchev–Trinajstić information content (AvgIpc) is 2.81. The molecule has 5 heteroatoms. The number of aryl methyl sites for hydroxylation is 1. The number of ether oxygens (including phenoxy) is 1. The molecule has 2 saturated heterocycles. The van der Waals surface area contributed by atoms with Gasteiger partial charge in [0, 0.05) is 31.4 Å². The number of nitrogens with zero attached hydrogens (tertiary/aromatic N) is 2. The molecule has 25 heavy (non-hydrogen) atoms. The predicted octanol–water partition coefficient (Wildman–Crippen LogP) is 2.13.